The monoisotopic (exact) mass is 458 g/mol. The Kier molecular flexibility index (Phi) is 6.38. The molecule has 0 aliphatic heterocycles. The molecule has 0 saturated heterocycles. The van der Waals surface area contributed by atoms with E-state index >= 15 is 0 Å². The normalized spacial score (nSPS) is 13.1. The number of carbonyl (C=O) groups excluding carboxylic acids is 2. The van der Waals surface area contributed by atoms with Crippen molar-refractivity contribution in [3.63, 3.8) is 0 Å². The number of amides is 2. The van der Waals surface area contributed by atoms with Crippen LogP contribution in [0.15, 0.2) is 29.3 Å². The van der Waals surface area contributed by atoms with Gasteiger partial charge in [0.2, 0.25) is 11.8 Å². The third-order valence-electron chi connectivity index (χ3n) is 5.37. The number of thiophene rings is 1. The van der Waals surface area contributed by atoms with E-state index in [-0.39, 0.29) is 30.3 Å². The summed E-state index contributed by atoms with van der Waals surface area (Å²) in [6, 6.07) is 4.91. The molecule has 31 heavy (non-hydrogen) atoms. The lowest BCUT2D eigenvalue weighted by molar-refractivity contribution is -0.117. The van der Waals surface area contributed by atoms with Crippen LogP contribution >= 0.6 is 22.9 Å². The summed E-state index contributed by atoms with van der Waals surface area (Å²) in [5.41, 5.74) is 2.02. The average Bonchev–Trinajstić information content (AvgIpc) is 3.15. The molecular weight excluding hydrogens is 436 g/mol. The predicted octanol–water partition coefficient (Wildman–Crippen LogP) is 4.37. The Hall–Kier alpha value is -2.71. The summed E-state index contributed by atoms with van der Waals surface area (Å²) in [5.74, 6) is -0.405. The van der Waals surface area contributed by atoms with Crippen molar-refractivity contribution in [1.29, 1.82) is 0 Å². The highest BCUT2D eigenvalue weighted by molar-refractivity contribution is 7.18. The van der Waals surface area contributed by atoms with Crippen LogP contribution in [0.1, 0.15) is 43.0 Å². The lowest BCUT2D eigenvalue weighted by Gasteiger charge is -2.11. The minimum Gasteiger partial charge on any atom is -0.326 e. The van der Waals surface area contributed by atoms with Gasteiger partial charge in [-0.1, -0.05) is 18.5 Å². The number of halogens is 1. The van der Waals surface area contributed by atoms with Gasteiger partial charge in [0.15, 0.2) is 0 Å². The fraction of sp³-hybridized carbons (Fsp3) is 0.364. The Morgan fingerprint density at radius 3 is 2.81 bits per heavy atom. The molecule has 1 aromatic carbocycles. The zero-order chi connectivity index (χ0) is 22.0. The van der Waals surface area contributed by atoms with Crippen molar-refractivity contribution in [3.8, 4) is 0 Å². The van der Waals surface area contributed by atoms with Gasteiger partial charge in [-0.2, -0.15) is 0 Å². The van der Waals surface area contributed by atoms with Crippen LogP contribution in [-0.4, -0.2) is 21.4 Å². The van der Waals surface area contributed by atoms with Gasteiger partial charge in [-0.3, -0.25) is 19.0 Å². The van der Waals surface area contributed by atoms with Crippen molar-refractivity contribution < 1.29 is 9.59 Å². The van der Waals surface area contributed by atoms with Crippen molar-refractivity contribution >= 4 is 56.3 Å². The van der Waals surface area contributed by atoms with E-state index in [0.717, 1.165) is 36.1 Å². The van der Waals surface area contributed by atoms with Crippen LogP contribution in [0.3, 0.4) is 0 Å². The fourth-order valence-electron chi connectivity index (χ4n) is 3.72. The predicted molar refractivity (Wildman–Crippen MR) is 124 cm³/mol. The molecule has 0 bridgehead atoms. The summed E-state index contributed by atoms with van der Waals surface area (Å²) in [4.78, 5) is 43.6. The number of carbonyl (C=O) groups is 2. The molecule has 1 aliphatic rings. The molecule has 3 aromatic rings. The number of benzene rings is 1. The van der Waals surface area contributed by atoms with E-state index in [1.165, 1.54) is 15.8 Å². The molecule has 4 rings (SSSR count). The van der Waals surface area contributed by atoms with Crippen LogP contribution in [0, 0.1) is 0 Å². The van der Waals surface area contributed by atoms with Crippen molar-refractivity contribution in [3.05, 3.63) is 50.3 Å². The number of rotatable bonds is 6. The topological polar surface area (TPSA) is 93.1 Å². The van der Waals surface area contributed by atoms with E-state index in [1.54, 1.807) is 36.5 Å². The zero-order valence-electron chi connectivity index (χ0n) is 17.2. The highest BCUT2D eigenvalue weighted by Crippen LogP contribution is 2.33. The first-order valence-corrected chi connectivity index (χ1v) is 11.5. The van der Waals surface area contributed by atoms with Crippen molar-refractivity contribution in [2.75, 3.05) is 10.6 Å². The van der Waals surface area contributed by atoms with E-state index in [2.05, 4.69) is 15.6 Å². The number of hydrogen-bond acceptors (Lipinski definition) is 5. The number of fused-ring (bicyclic) bond motifs is 3. The summed E-state index contributed by atoms with van der Waals surface area (Å²) in [6.07, 6.45) is 6.14. The van der Waals surface area contributed by atoms with E-state index in [1.807, 2.05) is 0 Å². The van der Waals surface area contributed by atoms with Crippen molar-refractivity contribution in [2.45, 2.75) is 52.0 Å². The molecule has 2 N–H and O–H groups in total. The maximum absolute atomic E-state index is 13.0. The largest absolute Gasteiger partial charge is 0.326 e. The fourth-order valence-corrected chi connectivity index (χ4v) is 5.11. The third kappa shape index (κ3) is 4.65. The van der Waals surface area contributed by atoms with Gasteiger partial charge in [0.1, 0.15) is 4.83 Å². The molecular formula is C22H23ClN4O3S. The molecule has 2 aromatic heterocycles. The molecule has 0 spiro atoms. The summed E-state index contributed by atoms with van der Waals surface area (Å²) in [5, 5.41) is 6.57. The maximum atomic E-state index is 13.0. The van der Waals surface area contributed by atoms with Crippen LogP contribution in [0.2, 0.25) is 5.02 Å². The van der Waals surface area contributed by atoms with E-state index in [9.17, 15) is 14.4 Å². The Morgan fingerprint density at radius 1 is 1.19 bits per heavy atom. The molecule has 0 saturated carbocycles. The van der Waals surface area contributed by atoms with Gasteiger partial charge in [-0.05, 0) is 49.4 Å². The molecule has 7 nitrogen and oxygen atoms in total. The number of anilines is 2. The summed E-state index contributed by atoms with van der Waals surface area (Å²) < 4.78 is 1.50. The Balaban J connectivity index is 1.46. The lowest BCUT2D eigenvalue weighted by Crippen LogP contribution is -2.24. The molecule has 2 amide bonds. The van der Waals surface area contributed by atoms with Crippen LogP contribution in [-0.2, 0) is 29.0 Å². The second kappa shape index (κ2) is 9.20. The summed E-state index contributed by atoms with van der Waals surface area (Å²) in [6.45, 7) is 1.98. The molecule has 0 unspecified atom stereocenters. The highest BCUT2D eigenvalue weighted by Gasteiger charge is 2.20. The average molecular weight is 459 g/mol. The first-order chi connectivity index (χ1) is 15.0. The van der Waals surface area contributed by atoms with Gasteiger partial charge < -0.3 is 10.6 Å². The minimum absolute atomic E-state index is 0.0838. The Labute approximate surface area is 188 Å². The Bertz CT molecular complexity index is 1220. The summed E-state index contributed by atoms with van der Waals surface area (Å²) in [7, 11) is 0. The first kappa shape index (κ1) is 21.5. The van der Waals surface area contributed by atoms with Crippen LogP contribution < -0.4 is 16.2 Å². The molecule has 0 radical (unpaired) electrons. The smallest absolute Gasteiger partial charge is 0.262 e. The van der Waals surface area contributed by atoms with Crippen LogP contribution in [0.25, 0.3) is 10.2 Å². The van der Waals surface area contributed by atoms with E-state index < -0.39 is 0 Å². The standard InChI is InChI=1S/C22H23ClN4O3S/c1-2-18(28)25-13-7-8-15(23)16(11-13)26-19(29)9-10-27-12-24-21-20(22(27)30)14-5-3-4-6-17(14)31-21/h7-8,11-12H,2-6,9-10H2,1H3,(H,25,28)(H,26,29). The van der Waals surface area contributed by atoms with Gasteiger partial charge in [0.05, 0.1) is 22.4 Å². The number of nitrogens with zero attached hydrogens (tertiary/aromatic N) is 2. The van der Waals surface area contributed by atoms with Gasteiger partial charge in [-0.15, -0.1) is 11.3 Å². The van der Waals surface area contributed by atoms with Crippen LogP contribution in [0.5, 0.6) is 0 Å². The quantitative estimate of drug-likeness (QED) is 0.573. The van der Waals surface area contributed by atoms with Gasteiger partial charge in [0.25, 0.3) is 5.56 Å². The SMILES string of the molecule is CCC(=O)Nc1ccc(Cl)c(NC(=O)CCn2cnc3sc4c(c3c2=O)CCCC4)c1. The Morgan fingerprint density at radius 2 is 2.00 bits per heavy atom. The maximum Gasteiger partial charge on any atom is 0.262 e. The van der Waals surface area contributed by atoms with Gasteiger partial charge in [0, 0.05) is 30.0 Å². The second-order valence-corrected chi connectivity index (χ2v) is 9.02. The third-order valence-corrected chi connectivity index (χ3v) is 6.90. The van der Waals surface area contributed by atoms with Crippen LogP contribution in [0.4, 0.5) is 11.4 Å². The number of hydrogen-bond donors (Lipinski definition) is 2. The van der Waals surface area contributed by atoms with E-state index in [4.69, 9.17) is 11.6 Å². The molecule has 1 aliphatic carbocycles. The molecule has 0 fully saturated rings. The first-order valence-electron chi connectivity index (χ1n) is 10.3. The van der Waals surface area contributed by atoms with Gasteiger partial charge >= 0.3 is 0 Å². The van der Waals surface area contributed by atoms with E-state index in [0.29, 0.717) is 28.2 Å². The number of nitrogens with one attached hydrogen (secondary N) is 2. The van der Waals surface area contributed by atoms with Gasteiger partial charge in [-0.25, -0.2) is 4.98 Å². The minimum atomic E-state index is -0.278. The highest BCUT2D eigenvalue weighted by atomic mass is 35.5. The van der Waals surface area contributed by atoms with Crippen molar-refractivity contribution in [1.82, 2.24) is 9.55 Å². The number of aromatic nitrogens is 2. The summed E-state index contributed by atoms with van der Waals surface area (Å²) >= 11 is 7.79. The molecule has 2 heterocycles. The second-order valence-electron chi connectivity index (χ2n) is 7.53. The number of aryl methyl sites for hydroxylation is 3. The van der Waals surface area contributed by atoms with Crippen molar-refractivity contribution in [2.24, 2.45) is 0 Å². The molecule has 0 atom stereocenters. The zero-order valence-corrected chi connectivity index (χ0v) is 18.7. The lowest BCUT2D eigenvalue weighted by atomic mass is 9.97. The molecule has 9 heteroatoms. The molecule has 162 valence electrons.